The fraction of sp³-hybridized carbons (Fsp3) is 0.538. The number of hydrogen-bond donors (Lipinski definition) is 2. The molecule has 0 aliphatic carbocycles. The Morgan fingerprint density at radius 1 is 1.55 bits per heavy atom. The lowest BCUT2D eigenvalue weighted by molar-refractivity contribution is 0.166. The lowest BCUT2D eigenvalue weighted by Gasteiger charge is -2.21. The monoisotopic (exact) mass is 294 g/mol. The van der Waals surface area contributed by atoms with Crippen LogP contribution in [-0.2, 0) is 4.74 Å². The number of nitrogens with zero attached hydrogens (tertiary/aromatic N) is 3. The first-order valence-corrected chi connectivity index (χ1v) is 7.77. The Morgan fingerprint density at radius 3 is 2.95 bits per heavy atom. The highest BCUT2D eigenvalue weighted by molar-refractivity contribution is 7.98. The van der Waals surface area contributed by atoms with Crippen LogP contribution in [0, 0.1) is 5.92 Å². The molecule has 6 nitrogen and oxygen atoms in total. The van der Waals surface area contributed by atoms with E-state index in [4.69, 9.17) is 10.5 Å². The number of fused-ring (bicyclic) bond motifs is 1. The minimum atomic E-state index is -1.03. The van der Waals surface area contributed by atoms with Crippen LogP contribution in [0.5, 0.6) is 0 Å². The second kappa shape index (κ2) is 5.33. The van der Waals surface area contributed by atoms with Crippen molar-refractivity contribution in [3.8, 4) is 0 Å². The zero-order valence-electron chi connectivity index (χ0n) is 11.5. The Hall–Kier alpha value is -1.15. The summed E-state index contributed by atoms with van der Waals surface area (Å²) in [5, 5.41) is 11.4. The van der Waals surface area contributed by atoms with Crippen molar-refractivity contribution in [1.82, 2.24) is 14.5 Å². The van der Waals surface area contributed by atoms with Gasteiger partial charge in [-0.2, -0.15) is 0 Å². The van der Waals surface area contributed by atoms with Crippen molar-refractivity contribution in [3.63, 3.8) is 0 Å². The molecule has 0 radical (unpaired) electrons. The largest absolute Gasteiger partial charge is 0.379 e. The first-order valence-electron chi connectivity index (χ1n) is 6.55. The molecule has 1 unspecified atom stereocenters. The molecule has 1 fully saturated rings. The van der Waals surface area contributed by atoms with Crippen molar-refractivity contribution in [2.45, 2.75) is 24.3 Å². The lowest BCUT2D eigenvalue weighted by Crippen LogP contribution is -2.22. The smallest absolute Gasteiger partial charge is 0.189 e. The maximum Gasteiger partial charge on any atom is 0.189 e. The summed E-state index contributed by atoms with van der Waals surface area (Å²) in [6.45, 7) is 3.46. The standard InChI is InChI=1S/C13H18N4O2S/c1-7-5-19-6-10(7)17-9(11(14)18)3-8-4-15-13(20-2)16-12(8)17/h3-4,7,10-11,18H,5-6,14H2,1-2H3/t7-,10-,11?/m0/s1. The zero-order valence-corrected chi connectivity index (χ0v) is 12.3. The van der Waals surface area contributed by atoms with Gasteiger partial charge in [0.1, 0.15) is 11.9 Å². The summed E-state index contributed by atoms with van der Waals surface area (Å²) in [7, 11) is 0. The van der Waals surface area contributed by atoms with Crippen molar-refractivity contribution in [3.05, 3.63) is 18.0 Å². The van der Waals surface area contributed by atoms with Crippen LogP contribution in [0.1, 0.15) is 24.9 Å². The Kier molecular flexibility index (Phi) is 3.68. The van der Waals surface area contributed by atoms with Gasteiger partial charge in [0.15, 0.2) is 5.16 Å². The zero-order chi connectivity index (χ0) is 14.3. The van der Waals surface area contributed by atoms with Crippen LogP contribution in [0.3, 0.4) is 0 Å². The predicted molar refractivity (Wildman–Crippen MR) is 77.5 cm³/mol. The average molecular weight is 294 g/mol. The third-order valence-corrected chi connectivity index (χ3v) is 4.29. The van der Waals surface area contributed by atoms with Crippen LogP contribution in [0.15, 0.2) is 17.4 Å². The van der Waals surface area contributed by atoms with Gasteiger partial charge in [0, 0.05) is 17.5 Å². The molecule has 0 saturated carbocycles. The second-order valence-electron chi connectivity index (χ2n) is 5.10. The van der Waals surface area contributed by atoms with Crippen LogP contribution in [0.2, 0.25) is 0 Å². The lowest BCUT2D eigenvalue weighted by atomic mass is 10.1. The van der Waals surface area contributed by atoms with Crippen LogP contribution >= 0.6 is 11.8 Å². The maximum atomic E-state index is 9.84. The number of ether oxygens (including phenoxy) is 1. The first kappa shape index (κ1) is 13.8. The predicted octanol–water partition coefficient (Wildman–Crippen LogP) is 1.31. The highest BCUT2D eigenvalue weighted by Gasteiger charge is 2.30. The number of nitrogens with two attached hydrogens (primary N) is 1. The van der Waals surface area contributed by atoms with Gasteiger partial charge in [-0.05, 0) is 12.3 Å². The molecule has 0 amide bonds. The number of thioether (sulfide) groups is 1. The molecule has 0 spiro atoms. The summed E-state index contributed by atoms with van der Waals surface area (Å²) in [5.41, 5.74) is 7.18. The minimum absolute atomic E-state index is 0.144. The Bertz CT molecular complexity index is 628. The van der Waals surface area contributed by atoms with Crippen molar-refractivity contribution in [2.24, 2.45) is 11.7 Å². The van der Waals surface area contributed by atoms with Gasteiger partial charge in [-0.25, -0.2) is 9.97 Å². The van der Waals surface area contributed by atoms with Crippen LogP contribution in [0.4, 0.5) is 0 Å². The van der Waals surface area contributed by atoms with E-state index in [2.05, 4.69) is 16.9 Å². The number of rotatable bonds is 3. The van der Waals surface area contributed by atoms with E-state index in [9.17, 15) is 5.11 Å². The third-order valence-electron chi connectivity index (χ3n) is 3.73. The number of aliphatic hydroxyl groups is 1. The van der Waals surface area contributed by atoms with Crippen molar-refractivity contribution in [1.29, 1.82) is 0 Å². The quantitative estimate of drug-likeness (QED) is 0.504. The first-order chi connectivity index (χ1) is 9.61. The minimum Gasteiger partial charge on any atom is -0.379 e. The molecule has 1 aliphatic heterocycles. The summed E-state index contributed by atoms with van der Waals surface area (Å²) in [6, 6.07) is 2.00. The number of aliphatic hydroxyl groups excluding tert-OH is 1. The van der Waals surface area contributed by atoms with Crippen LogP contribution < -0.4 is 5.73 Å². The van der Waals surface area contributed by atoms with E-state index in [0.717, 1.165) is 11.0 Å². The molecule has 2 aromatic rings. The summed E-state index contributed by atoms with van der Waals surface area (Å²) in [6.07, 6.45) is 2.68. The van der Waals surface area contributed by atoms with Gasteiger partial charge in [-0.3, -0.25) is 0 Å². The molecule has 0 aromatic carbocycles. The topological polar surface area (TPSA) is 86.2 Å². The molecule has 3 N–H and O–H groups in total. The molecule has 1 aliphatic rings. The van der Waals surface area contributed by atoms with Gasteiger partial charge < -0.3 is 20.1 Å². The normalized spacial score (nSPS) is 24.4. The molecular formula is C13H18N4O2S. The molecule has 3 atom stereocenters. The van der Waals surface area contributed by atoms with E-state index in [-0.39, 0.29) is 6.04 Å². The van der Waals surface area contributed by atoms with Gasteiger partial charge in [0.2, 0.25) is 0 Å². The molecule has 3 rings (SSSR count). The third kappa shape index (κ3) is 2.20. The van der Waals surface area contributed by atoms with E-state index in [1.165, 1.54) is 11.8 Å². The SMILES string of the molecule is CSc1ncc2cc(C(N)O)n([C@H]3COC[C@@H]3C)c2n1. The van der Waals surface area contributed by atoms with Crippen molar-refractivity contribution < 1.29 is 9.84 Å². The van der Waals surface area contributed by atoms with Gasteiger partial charge >= 0.3 is 0 Å². The molecular weight excluding hydrogens is 276 g/mol. The van der Waals surface area contributed by atoms with E-state index in [1.54, 1.807) is 6.20 Å². The Labute approximate surface area is 121 Å². The van der Waals surface area contributed by atoms with E-state index >= 15 is 0 Å². The second-order valence-corrected chi connectivity index (χ2v) is 5.88. The summed E-state index contributed by atoms with van der Waals surface area (Å²) in [5.74, 6) is 0.357. The van der Waals surface area contributed by atoms with E-state index in [1.807, 2.05) is 16.9 Å². The van der Waals surface area contributed by atoms with Crippen molar-refractivity contribution in [2.75, 3.05) is 19.5 Å². The summed E-state index contributed by atoms with van der Waals surface area (Å²) >= 11 is 1.49. The van der Waals surface area contributed by atoms with Crippen LogP contribution in [-0.4, -0.2) is 39.1 Å². The van der Waals surface area contributed by atoms with Gasteiger partial charge in [-0.15, -0.1) is 0 Å². The average Bonchev–Trinajstić information content (AvgIpc) is 3.00. The molecule has 0 bridgehead atoms. The fourth-order valence-corrected chi connectivity index (χ4v) is 3.00. The fourth-order valence-electron chi connectivity index (χ4n) is 2.67. The highest BCUT2D eigenvalue weighted by Crippen LogP contribution is 2.33. The molecule has 1 saturated heterocycles. The Balaban J connectivity index is 2.21. The van der Waals surface area contributed by atoms with Gasteiger partial charge in [-0.1, -0.05) is 18.7 Å². The van der Waals surface area contributed by atoms with Crippen molar-refractivity contribution >= 4 is 22.8 Å². The van der Waals surface area contributed by atoms with Crippen LogP contribution in [0.25, 0.3) is 11.0 Å². The van der Waals surface area contributed by atoms with E-state index in [0.29, 0.717) is 30.0 Å². The Morgan fingerprint density at radius 2 is 2.35 bits per heavy atom. The number of aromatic nitrogens is 3. The molecule has 3 heterocycles. The van der Waals surface area contributed by atoms with Gasteiger partial charge in [0.25, 0.3) is 0 Å². The molecule has 2 aromatic heterocycles. The number of hydrogen-bond acceptors (Lipinski definition) is 6. The molecule has 20 heavy (non-hydrogen) atoms. The molecule has 7 heteroatoms. The molecule has 108 valence electrons. The maximum absolute atomic E-state index is 9.84. The summed E-state index contributed by atoms with van der Waals surface area (Å²) in [4.78, 5) is 8.84. The highest BCUT2D eigenvalue weighted by atomic mass is 32.2. The van der Waals surface area contributed by atoms with E-state index < -0.39 is 6.23 Å². The van der Waals surface area contributed by atoms with Gasteiger partial charge in [0.05, 0.1) is 24.9 Å². The summed E-state index contributed by atoms with van der Waals surface area (Å²) < 4.78 is 7.55.